The molecule has 0 aliphatic carbocycles. The van der Waals surface area contributed by atoms with Gasteiger partial charge in [0.05, 0.1) is 30.4 Å². The third-order valence-corrected chi connectivity index (χ3v) is 6.09. The predicted octanol–water partition coefficient (Wildman–Crippen LogP) is 4.28. The number of hydrogen-bond donors (Lipinski definition) is 0. The van der Waals surface area contributed by atoms with Gasteiger partial charge in [-0.05, 0) is 53.8 Å². The van der Waals surface area contributed by atoms with Gasteiger partial charge in [0.1, 0.15) is 11.4 Å². The van der Waals surface area contributed by atoms with Crippen LogP contribution in [0.15, 0.2) is 78.0 Å². The van der Waals surface area contributed by atoms with Crippen LogP contribution in [0.1, 0.15) is 17.7 Å². The summed E-state index contributed by atoms with van der Waals surface area (Å²) < 4.78 is 9.30. The zero-order valence-electron chi connectivity index (χ0n) is 17.6. The number of ether oxygens (including phenoxy) is 1. The lowest BCUT2D eigenvalue weighted by atomic mass is 9.96. The summed E-state index contributed by atoms with van der Waals surface area (Å²) in [6, 6.07) is 18.1. The lowest BCUT2D eigenvalue weighted by Gasteiger charge is -2.18. The Bertz CT molecular complexity index is 1480. The number of benzene rings is 2. The van der Waals surface area contributed by atoms with E-state index >= 15 is 0 Å². The van der Waals surface area contributed by atoms with Crippen molar-refractivity contribution >= 4 is 16.4 Å². The van der Waals surface area contributed by atoms with Crippen molar-refractivity contribution in [3.05, 3.63) is 94.8 Å². The largest absolute Gasteiger partial charge is 0.493 e. The molecule has 158 valence electrons. The molecule has 5 aromatic rings. The zero-order valence-corrected chi connectivity index (χ0v) is 17.6. The molecule has 0 bridgehead atoms. The Kier molecular flexibility index (Phi) is 4.49. The van der Waals surface area contributed by atoms with Gasteiger partial charge in [-0.25, -0.2) is 9.67 Å². The first-order chi connectivity index (χ1) is 15.8. The van der Waals surface area contributed by atoms with Gasteiger partial charge in [-0.1, -0.05) is 30.3 Å². The summed E-state index contributed by atoms with van der Waals surface area (Å²) in [5.41, 5.74) is 4.94. The van der Waals surface area contributed by atoms with Gasteiger partial charge in [0.15, 0.2) is 0 Å². The third kappa shape index (κ3) is 3.24. The molecule has 1 aliphatic heterocycles. The number of fused-ring (bicyclic) bond motifs is 3. The number of aryl methyl sites for hydroxylation is 3. The highest BCUT2D eigenvalue weighted by Gasteiger charge is 2.15. The van der Waals surface area contributed by atoms with Crippen molar-refractivity contribution in [1.29, 1.82) is 0 Å². The molecular formula is C26H22N4O2. The van der Waals surface area contributed by atoms with E-state index in [1.165, 1.54) is 5.56 Å². The first-order valence-corrected chi connectivity index (χ1v) is 10.9. The van der Waals surface area contributed by atoms with E-state index < -0.39 is 0 Å². The fourth-order valence-corrected chi connectivity index (χ4v) is 4.49. The van der Waals surface area contributed by atoms with Crippen molar-refractivity contribution in [1.82, 2.24) is 19.2 Å². The van der Waals surface area contributed by atoms with Gasteiger partial charge >= 0.3 is 0 Å². The van der Waals surface area contributed by atoms with E-state index in [4.69, 9.17) is 4.74 Å². The molecule has 0 unspecified atom stereocenters. The molecular weight excluding hydrogens is 400 g/mol. The van der Waals surface area contributed by atoms with Crippen molar-refractivity contribution in [3.8, 4) is 16.9 Å². The van der Waals surface area contributed by atoms with Gasteiger partial charge in [-0.3, -0.25) is 4.79 Å². The zero-order chi connectivity index (χ0) is 21.5. The minimum Gasteiger partial charge on any atom is -0.493 e. The first-order valence-electron chi connectivity index (χ1n) is 10.9. The minimum atomic E-state index is -0.0733. The molecule has 4 heterocycles. The summed E-state index contributed by atoms with van der Waals surface area (Å²) in [4.78, 5) is 18.1. The second kappa shape index (κ2) is 7.64. The maximum Gasteiger partial charge on any atom is 0.275 e. The van der Waals surface area contributed by atoms with Gasteiger partial charge in [-0.2, -0.15) is 5.10 Å². The summed E-state index contributed by atoms with van der Waals surface area (Å²) in [6.45, 7) is 1.24. The highest BCUT2D eigenvalue weighted by molar-refractivity contribution is 5.95. The Morgan fingerprint density at radius 1 is 1.06 bits per heavy atom. The lowest BCUT2D eigenvalue weighted by molar-refractivity contribution is 0.288. The molecule has 0 radical (unpaired) electrons. The molecule has 0 saturated heterocycles. The molecule has 6 heteroatoms. The summed E-state index contributed by atoms with van der Waals surface area (Å²) in [5.74, 6) is 0.951. The molecule has 0 atom stereocenters. The average molecular weight is 422 g/mol. The quantitative estimate of drug-likeness (QED) is 0.434. The lowest BCUT2D eigenvalue weighted by Crippen LogP contribution is -2.24. The molecule has 0 spiro atoms. The summed E-state index contributed by atoms with van der Waals surface area (Å²) in [6.07, 6.45) is 8.42. The van der Waals surface area contributed by atoms with Crippen molar-refractivity contribution < 1.29 is 4.74 Å². The van der Waals surface area contributed by atoms with Gasteiger partial charge in [-0.15, -0.1) is 0 Å². The molecule has 6 rings (SSSR count). The number of aromatic nitrogens is 4. The van der Waals surface area contributed by atoms with E-state index in [0.29, 0.717) is 18.4 Å². The van der Waals surface area contributed by atoms with Crippen LogP contribution in [0.5, 0.6) is 5.75 Å². The molecule has 2 aromatic carbocycles. The van der Waals surface area contributed by atoms with Gasteiger partial charge in [0.2, 0.25) is 0 Å². The van der Waals surface area contributed by atoms with E-state index in [9.17, 15) is 4.79 Å². The van der Waals surface area contributed by atoms with Gasteiger partial charge in [0.25, 0.3) is 5.56 Å². The van der Waals surface area contributed by atoms with Gasteiger partial charge in [0, 0.05) is 24.2 Å². The summed E-state index contributed by atoms with van der Waals surface area (Å²) in [7, 11) is 0. The van der Waals surface area contributed by atoms with E-state index in [1.54, 1.807) is 10.9 Å². The van der Waals surface area contributed by atoms with Crippen LogP contribution in [0.25, 0.3) is 27.5 Å². The Hall–Kier alpha value is -3.93. The number of nitrogens with zero attached hydrogens (tertiary/aromatic N) is 4. The molecule has 32 heavy (non-hydrogen) atoms. The first kappa shape index (κ1) is 18.8. The highest BCUT2D eigenvalue weighted by atomic mass is 16.5. The Labute approximate surface area is 184 Å². The van der Waals surface area contributed by atoms with E-state index in [2.05, 4.69) is 16.1 Å². The fourth-order valence-electron chi connectivity index (χ4n) is 4.49. The second-order valence-corrected chi connectivity index (χ2v) is 8.17. The van der Waals surface area contributed by atoms with Crippen LogP contribution in [-0.2, 0) is 19.4 Å². The Morgan fingerprint density at radius 3 is 2.97 bits per heavy atom. The molecule has 0 amide bonds. The maximum atomic E-state index is 13.5. The van der Waals surface area contributed by atoms with Crippen LogP contribution < -0.4 is 10.3 Å². The topological polar surface area (TPSA) is 61.4 Å². The summed E-state index contributed by atoms with van der Waals surface area (Å²) >= 11 is 0. The SMILES string of the molecule is O=c1c2c(-c3ccc4c(c3)CCCO4)cccc2cnn1CCc1cn2ccccc2n1. The average Bonchev–Trinajstić information content (AvgIpc) is 3.26. The number of hydrogen-bond acceptors (Lipinski definition) is 4. The molecule has 6 nitrogen and oxygen atoms in total. The van der Waals surface area contributed by atoms with Crippen LogP contribution in [0.2, 0.25) is 0 Å². The van der Waals surface area contributed by atoms with Crippen LogP contribution in [-0.4, -0.2) is 25.8 Å². The van der Waals surface area contributed by atoms with Gasteiger partial charge < -0.3 is 9.14 Å². The smallest absolute Gasteiger partial charge is 0.275 e. The highest BCUT2D eigenvalue weighted by Crippen LogP contribution is 2.32. The maximum absolute atomic E-state index is 13.5. The van der Waals surface area contributed by atoms with Crippen molar-refractivity contribution in [2.75, 3.05) is 6.61 Å². The molecule has 0 saturated carbocycles. The van der Waals surface area contributed by atoms with Crippen molar-refractivity contribution in [2.45, 2.75) is 25.8 Å². The summed E-state index contributed by atoms with van der Waals surface area (Å²) in [5, 5.41) is 5.99. The standard InChI is InChI=1S/C26H22N4O2/c31-26-25-20(5-3-7-22(25)18-9-10-23-19(15-18)6-4-14-32-23)16-27-30(26)13-11-21-17-29-12-2-1-8-24(29)28-21/h1-3,5,7-10,12,15-17H,4,6,11,13-14H2. The van der Waals surface area contributed by atoms with Crippen molar-refractivity contribution in [2.24, 2.45) is 0 Å². The monoisotopic (exact) mass is 422 g/mol. The van der Waals surface area contributed by atoms with Crippen molar-refractivity contribution in [3.63, 3.8) is 0 Å². The van der Waals surface area contributed by atoms with E-state index in [0.717, 1.165) is 53.1 Å². The molecule has 3 aromatic heterocycles. The molecule has 0 N–H and O–H groups in total. The minimum absolute atomic E-state index is 0.0733. The Morgan fingerprint density at radius 2 is 2.03 bits per heavy atom. The predicted molar refractivity (Wildman–Crippen MR) is 124 cm³/mol. The van der Waals surface area contributed by atoms with Crippen LogP contribution in [0.4, 0.5) is 0 Å². The number of imidazole rings is 1. The molecule has 0 fully saturated rings. The van der Waals surface area contributed by atoms with Crippen LogP contribution >= 0.6 is 0 Å². The third-order valence-electron chi connectivity index (χ3n) is 6.09. The number of pyridine rings is 1. The second-order valence-electron chi connectivity index (χ2n) is 8.17. The van der Waals surface area contributed by atoms with Crippen LogP contribution in [0.3, 0.4) is 0 Å². The Balaban J connectivity index is 1.38. The fraction of sp³-hybridized carbons (Fsp3) is 0.192. The van der Waals surface area contributed by atoms with Crippen LogP contribution in [0, 0.1) is 0 Å². The number of rotatable bonds is 4. The van der Waals surface area contributed by atoms with E-state index in [1.807, 2.05) is 65.3 Å². The molecule has 1 aliphatic rings. The van der Waals surface area contributed by atoms with E-state index in [-0.39, 0.29) is 5.56 Å². The normalized spacial score (nSPS) is 13.2.